The van der Waals surface area contributed by atoms with Crippen molar-refractivity contribution in [2.24, 2.45) is 22.2 Å². The number of quaternary nitrogens is 1. The van der Waals surface area contributed by atoms with Gasteiger partial charge in [0.1, 0.15) is 5.92 Å². The van der Waals surface area contributed by atoms with Crippen LogP contribution < -0.4 is 11.3 Å². The molecule has 0 aromatic carbocycles. The number of carbonyl (C=O) groups is 2. The highest BCUT2D eigenvalue weighted by molar-refractivity contribution is 5.98. The van der Waals surface area contributed by atoms with Gasteiger partial charge in [0, 0.05) is 25.4 Å². The summed E-state index contributed by atoms with van der Waals surface area (Å²) in [6, 6.07) is 3.79. The maximum absolute atomic E-state index is 11.8. The topological polar surface area (TPSA) is 157 Å². The van der Waals surface area contributed by atoms with Crippen molar-refractivity contribution >= 4 is 17.7 Å². The molecule has 2 aliphatic heterocycles. The first-order valence-corrected chi connectivity index (χ1v) is 6.30. The fourth-order valence-corrected chi connectivity index (χ4v) is 3.08. The minimum Gasteiger partial charge on any atom is -0.861 e. The standard InChI is InChI=1S/C13H14N4O3.H3N/c1-8(18)17-4-2-13(3-5-17)9(6-14)11(19)16-12(20)10(13)7-15;/h9-10H,2-5H2,1H3,(H,16,19,20);1H3. The largest absolute Gasteiger partial charge is 0.861 e. The fourth-order valence-electron chi connectivity index (χ4n) is 3.08. The zero-order valence-corrected chi connectivity index (χ0v) is 12.0. The summed E-state index contributed by atoms with van der Waals surface area (Å²) in [7, 11) is 0. The first-order chi connectivity index (χ1) is 9.46. The maximum Gasteiger partial charge on any atom is 0.262 e. The Morgan fingerprint density at radius 3 is 2.29 bits per heavy atom. The molecule has 1 fully saturated rings. The van der Waals surface area contributed by atoms with E-state index in [-0.39, 0.29) is 24.9 Å². The molecule has 1 saturated heterocycles. The molecule has 2 atom stereocenters. The van der Waals surface area contributed by atoms with E-state index in [0.29, 0.717) is 13.1 Å². The SMILES string of the molecule is CC(=O)N1CCC2(CC1)C(C#N)C(=O)N=C([O-])C2C#N.[NH4+]. The average molecular weight is 291 g/mol. The highest BCUT2D eigenvalue weighted by atomic mass is 16.3. The number of rotatable bonds is 0. The zero-order valence-electron chi connectivity index (χ0n) is 12.0. The number of carbonyl (C=O) groups excluding carboxylic acids is 2. The highest BCUT2D eigenvalue weighted by Gasteiger charge is 2.53. The van der Waals surface area contributed by atoms with Crippen molar-refractivity contribution < 1.29 is 14.7 Å². The summed E-state index contributed by atoms with van der Waals surface area (Å²) in [6.07, 6.45) is 0.575. The molecule has 2 rings (SSSR count). The van der Waals surface area contributed by atoms with Crippen molar-refractivity contribution in [2.75, 3.05) is 13.1 Å². The number of amides is 2. The molecule has 4 N–H and O–H groups in total. The smallest absolute Gasteiger partial charge is 0.262 e. The van der Waals surface area contributed by atoms with Crippen LogP contribution in [0.15, 0.2) is 4.99 Å². The van der Waals surface area contributed by atoms with E-state index in [1.165, 1.54) is 6.92 Å². The second kappa shape index (κ2) is 5.90. The van der Waals surface area contributed by atoms with Crippen molar-refractivity contribution in [3.8, 4) is 12.1 Å². The Hall–Kier alpha value is -2.45. The maximum atomic E-state index is 11.8. The van der Waals surface area contributed by atoms with Gasteiger partial charge in [0.2, 0.25) is 5.91 Å². The van der Waals surface area contributed by atoms with Crippen molar-refractivity contribution in [3.63, 3.8) is 0 Å². The molecule has 1 spiro atoms. The number of nitrogens with zero attached hydrogens (tertiary/aromatic N) is 4. The predicted octanol–water partition coefficient (Wildman–Crippen LogP) is -0.430. The van der Waals surface area contributed by atoms with E-state index in [0.717, 1.165) is 0 Å². The van der Waals surface area contributed by atoms with Gasteiger partial charge in [0.25, 0.3) is 5.91 Å². The molecular formula is C13H17N5O3. The molecular weight excluding hydrogens is 274 g/mol. The lowest BCUT2D eigenvalue weighted by Gasteiger charge is -2.48. The molecule has 8 nitrogen and oxygen atoms in total. The number of hydrogen-bond acceptors (Lipinski definition) is 5. The number of aliphatic imine (C=N–C) groups is 1. The van der Waals surface area contributed by atoms with Gasteiger partial charge in [-0.1, -0.05) is 0 Å². The Morgan fingerprint density at radius 1 is 1.33 bits per heavy atom. The first-order valence-electron chi connectivity index (χ1n) is 6.30. The lowest BCUT2D eigenvalue weighted by molar-refractivity contribution is -0.229. The van der Waals surface area contributed by atoms with Crippen LogP contribution in [-0.4, -0.2) is 35.7 Å². The molecule has 0 aromatic heterocycles. The van der Waals surface area contributed by atoms with Crippen LogP contribution in [0.1, 0.15) is 19.8 Å². The molecule has 0 aromatic rings. The summed E-state index contributed by atoms with van der Waals surface area (Å²) in [5.41, 5.74) is -1.01. The summed E-state index contributed by atoms with van der Waals surface area (Å²) < 4.78 is 0. The van der Waals surface area contributed by atoms with Crippen LogP contribution in [0.2, 0.25) is 0 Å². The van der Waals surface area contributed by atoms with E-state index in [1.807, 2.05) is 12.1 Å². The number of hydrogen-bond donors (Lipinski definition) is 1. The number of piperidine rings is 1. The Bertz CT molecular complexity index is 563. The molecule has 8 heteroatoms. The van der Waals surface area contributed by atoms with Crippen LogP contribution in [0.25, 0.3) is 0 Å². The highest BCUT2D eigenvalue weighted by Crippen LogP contribution is 2.47. The predicted molar refractivity (Wildman–Crippen MR) is 70.6 cm³/mol. The van der Waals surface area contributed by atoms with Crippen molar-refractivity contribution in [1.82, 2.24) is 11.1 Å². The van der Waals surface area contributed by atoms with Gasteiger partial charge in [-0.2, -0.15) is 10.5 Å². The van der Waals surface area contributed by atoms with Gasteiger partial charge >= 0.3 is 0 Å². The molecule has 21 heavy (non-hydrogen) atoms. The van der Waals surface area contributed by atoms with E-state index in [9.17, 15) is 25.2 Å². The molecule has 0 radical (unpaired) electrons. The quantitative estimate of drug-likeness (QED) is 0.640. The van der Waals surface area contributed by atoms with E-state index >= 15 is 0 Å². The zero-order chi connectivity index (χ0) is 14.9. The van der Waals surface area contributed by atoms with Crippen LogP contribution in [0.4, 0.5) is 0 Å². The summed E-state index contributed by atoms with van der Waals surface area (Å²) in [5.74, 6) is -3.79. The number of nitriles is 2. The van der Waals surface area contributed by atoms with Crippen molar-refractivity contribution in [1.29, 1.82) is 10.5 Å². The Morgan fingerprint density at radius 2 is 1.86 bits per heavy atom. The van der Waals surface area contributed by atoms with E-state index in [4.69, 9.17) is 0 Å². The van der Waals surface area contributed by atoms with Crippen LogP contribution in [-0.2, 0) is 9.59 Å². The first kappa shape index (κ1) is 16.6. The number of likely N-dealkylation sites (tertiary alicyclic amines) is 1. The average Bonchev–Trinajstić information content (AvgIpc) is 2.39. The monoisotopic (exact) mass is 291 g/mol. The lowest BCUT2D eigenvalue weighted by Crippen LogP contribution is -2.56. The summed E-state index contributed by atoms with van der Waals surface area (Å²) in [6.45, 7) is 2.12. The molecule has 2 heterocycles. The van der Waals surface area contributed by atoms with Gasteiger partial charge < -0.3 is 16.2 Å². The van der Waals surface area contributed by atoms with Gasteiger partial charge in [0.05, 0.1) is 18.1 Å². The minimum absolute atomic E-state index is 0. The van der Waals surface area contributed by atoms with E-state index in [2.05, 4.69) is 4.99 Å². The van der Waals surface area contributed by atoms with Gasteiger partial charge in [-0.25, -0.2) is 4.99 Å². The lowest BCUT2D eigenvalue weighted by atomic mass is 9.60. The summed E-state index contributed by atoms with van der Waals surface area (Å²) in [4.78, 5) is 28.0. The second-order valence-corrected chi connectivity index (χ2v) is 5.15. The third-order valence-electron chi connectivity index (χ3n) is 4.26. The van der Waals surface area contributed by atoms with Gasteiger partial charge in [-0.05, 0) is 18.7 Å². The molecule has 2 unspecified atom stereocenters. The summed E-state index contributed by atoms with van der Waals surface area (Å²) in [5, 5.41) is 30.2. The molecule has 0 bridgehead atoms. The fraction of sp³-hybridized carbons (Fsp3) is 0.615. The Kier molecular flexibility index (Phi) is 4.66. The molecule has 112 valence electrons. The Balaban J connectivity index is 0.00000220. The van der Waals surface area contributed by atoms with Gasteiger partial charge in [0.15, 0.2) is 0 Å². The van der Waals surface area contributed by atoms with E-state index < -0.39 is 29.1 Å². The third kappa shape index (κ3) is 2.46. The molecule has 2 aliphatic rings. The normalized spacial score (nSPS) is 27.1. The van der Waals surface area contributed by atoms with Crippen LogP contribution in [0, 0.1) is 39.9 Å². The van der Waals surface area contributed by atoms with Crippen molar-refractivity contribution in [3.05, 3.63) is 0 Å². The molecule has 0 saturated carbocycles. The van der Waals surface area contributed by atoms with Crippen molar-refractivity contribution in [2.45, 2.75) is 19.8 Å². The minimum atomic E-state index is -1.08. The van der Waals surface area contributed by atoms with Gasteiger partial charge in [-0.15, -0.1) is 0 Å². The molecule has 2 amide bonds. The van der Waals surface area contributed by atoms with Crippen LogP contribution in [0.5, 0.6) is 0 Å². The van der Waals surface area contributed by atoms with Crippen LogP contribution >= 0.6 is 0 Å². The third-order valence-corrected chi connectivity index (χ3v) is 4.26. The summed E-state index contributed by atoms with van der Waals surface area (Å²) >= 11 is 0. The van der Waals surface area contributed by atoms with Crippen LogP contribution in [0.3, 0.4) is 0 Å². The Labute approximate surface area is 122 Å². The molecule has 0 aliphatic carbocycles. The van der Waals surface area contributed by atoms with E-state index in [1.54, 1.807) is 4.90 Å². The second-order valence-electron chi connectivity index (χ2n) is 5.15. The van der Waals surface area contributed by atoms with Gasteiger partial charge in [-0.3, -0.25) is 9.59 Å².